The molecular weight excluding hydrogens is 423 g/mol. The first-order chi connectivity index (χ1) is 14.7. The summed E-state index contributed by atoms with van der Waals surface area (Å²) in [5.41, 5.74) is 1.94. The van der Waals surface area contributed by atoms with E-state index in [4.69, 9.17) is 9.47 Å². The lowest BCUT2D eigenvalue weighted by atomic mass is 10.1. The van der Waals surface area contributed by atoms with Gasteiger partial charge in [0.2, 0.25) is 12.6 Å². The second kappa shape index (κ2) is 7.59. The van der Waals surface area contributed by atoms with E-state index in [1.807, 2.05) is 0 Å². The van der Waals surface area contributed by atoms with Crippen LogP contribution in [-0.2, 0) is 17.5 Å². The van der Waals surface area contributed by atoms with Gasteiger partial charge in [-0.15, -0.1) is 0 Å². The van der Waals surface area contributed by atoms with Crippen LogP contribution in [-0.4, -0.2) is 33.4 Å². The Labute approximate surface area is 171 Å². The number of hydrazone groups is 1. The molecule has 0 radical (unpaired) electrons. The first-order valence-corrected chi connectivity index (χ1v) is 8.66. The number of nitro groups is 1. The Balaban J connectivity index is 1.55. The quantitative estimate of drug-likeness (QED) is 0.374. The number of nitrogens with zero attached hydrogens (tertiary/aromatic N) is 4. The number of rotatable bonds is 5. The molecule has 1 aliphatic heterocycles. The lowest BCUT2D eigenvalue weighted by Crippen LogP contribution is -2.26. The van der Waals surface area contributed by atoms with Crippen LogP contribution in [0, 0.1) is 10.1 Å². The van der Waals surface area contributed by atoms with Crippen LogP contribution in [0.15, 0.2) is 41.5 Å². The molecular formula is C18H12F3N5O5. The maximum atomic E-state index is 13.3. The summed E-state index contributed by atoms with van der Waals surface area (Å²) < 4.78 is 50.9. The van der Waals surface area contributed by atoms with Gasteiger partial charge in [0.25, 0.3) is 11.6 Å². The number of hydrogen-bond acceptors (Lipinski definition) is 7. The van der Waals surface area contributed by atoms with E-state index in [0.717, 1.165) is 16.8 Å². The largest absolute Gasteiger partial charge is 0.454 e. The average molecular weight is 435 g/mol. The predicted molar refractivity (Wildman–Crippen MR) is 99.7 cm³/mol. The van der Waals surface area contributed by atoms with Gasteiger partial charge in [0, 0.05) is 0 Å². The van der Waals surface area contributed by atoms with E-state index >= 15 is 0 Å². The monoisotopic (exact) mass is 435 g/mol. The first-order valence-electron chi connectivity index (χ1n) is 8.66. The Morgan fingerprint density at radius 3 is 2.71 bits per heavy atom. The molecule has 0 aliphatic carbocycles. The summed E-state index contributed by atoms with van der Waals surface area (Å²) in [4.78, 5) is 26.3. The number of alkyl halides is 3. The van der Waals surface area contributed by atoms with Crippen LogP contribution in [0.5, 0.6) is 11.5 Å². The minimum Gasteiger partial charge on any atom is -0.454 e. The second-order valence-corrected chi connectivity index (χ2v) is 6.32. The molecule has 2 aromatic carbocycles. The molecule has 3 aromatic rings. The highest BCUT2D eigenvalue weighted by molar-refractivity contribution is 5.88. The highest BCUT2D eigenvalue weighted by Gasteiger charge is 2.38. The van der Waals surface area contributed by atoms with E-state index in [9.17, 15) is 28.1 Å². The third-order valence-corrected chi connectivity index (χ3v) is 4.32. The van der Waals surface area contributed by atoms with Crippen molar-refractivity contribution in [2.45, 2.75) is 12.7 Å². The molecule has 31 heavy (non-hydrogen) atoms. The molecule has 0 fully saturated rings. The van der Waals surface area contributed by atoms with Crippen LogP contribution in [0.4, 0.5) is 18.9 Å². The van der Waals surface area contributed by atoms with Gasteiger partial charge in [-0.25, -0.2) is 10.4 Å². The van der Waals surface area contributed by atoms with E-state index in [0.29, 0.717) is 0 Å². The summed E-state index contributed by atoms with van der Waals surface area (Å²) in [6.45, 7) is -0.805. The Morgan fingerprint density at radius 1 is 1.29 bits per heavy atom. The van der Waals surface area contributed by atoms with Gasteiger partial charge in [0.15, 0.2) is 11.5 Å². The van der Waals surface area contributed by atoms with Crippen LogP contribution in [0.1, 0.15) is 11.4 Å². The van der Waals surface area contributed by atoms with Crippen molar-refractivity contribution in [3.8, 4) is 11.5 Å². The van der Waals surface area contributed by atoms with Gasteiger partial charge in [-0.3, -0.25) is 14.9 Å². The number of benzene rings is 2. The zero-order chi connectivity index (χ0) is 22.2. The van der Waals surface area contributed by atoms with Gasteiger partial charge in [-0.1, -0.05) is 12.1 Å². The van der Waals surface area contributed by atoms with Gasteiger partial charge in [0.1, 0.15) is 6.54 Å². The maximum absolute atomic E-state index is 13.3. The Bertz CT molecular complexity index is 1220. The van der Waals surface area contributed by atoms with Crippen LogP contribution < -0.4 is 14.9 Å². The van der Waals surface area contributed by atoms with E-state index in [-0.39, 0.29) is 40.6 Å². The molecule has 4 rings (SSSR count). The van der Waals surface area contributed by atoms with Crippen molar-refractivity contribution < 1.29 is 32.4 Å². The summed E-state index contributed by atoms with van der Waals surface area (Å²) >= 11 is 0. The number of para-hydroxylation sites is 2. The Kier molecular flexibility index (Phi) is 4.93. The van der Waals surface area contributed by atoms with Crippen molar-refractivity contribution in [2.75, 3.05) is 6.79 Å². The van der Waals surface area contributed by atoms with Gasteiger partial charge >= 0.3 is 6.18 Å². The number of halogens is 3. The number of amides is 1. The summed E-state index contributed by atoms with van der Waals surface area (Å²) in [5.74, 6) is -1.65. The fourth-order valence-electron chi connectivity index (χ4n) is 3.01. The van der Waals surface area contributed by atoms with Crippen LogP contribution >= 0.6 is 0 Å². The van der Waals surface area contributed by atoms with E-state index in [1.54, 1.807) is 0 Å². The fraction of sp³-hybridized carbons (Fsp3) is 0.167. The topological polar surface area (TPSA) is 121 Å². The first kappa shape index (κ1) is 20.1. The standard InChI is InChI=1S/C18H12F3N5O5/c19-18(20,21)17-23-11-3-1-2-4-12(11)25(17)8-16(27)24-22-7-10-5-14-15(31-9-30-14)6-13(10)26(28)29/h1-7H,8-9H2,(H,24,27)/b22-7-. The molecule has 0 saturated heterocycles. The number of imidazole rings is 1. The minimum atomic E-state index is -4.77. The molecule has 0 saturated carbocycles. The summed E-state index contributed by atoms with van der Waals surface area (Å²) in [6.07, 6.45) is -3.77. The number of aromatic nitrogens is 2. The van der Waals surface area contributed by atoms with Crippen molar-refractivity contribution in [1.29, 1.82) is 0 Å². The van der Waals surface area contributed by atoms with Crippen molar-refractivity contribution >= 4 is 28.8 Å². The molecule has 0 unspecified atom stereocenters. The number of ether oxygens (including phenoxy) is 2. The average Bonchev–Trinajstić information content (AvgIpc) is 3.31. The zero-order valence-corrected chi connectivity index (χ0v) is 15.4. The van der Waals surface area contributed by atoms with Gasteiger partial charge in [-0.2, -0.15) is 18.3 Å². The molecule has 160 valence electrons. The molecule has 1 aliphatic rings. The molecule has 0 bridgehead atoms. The van der Waals surface area contributed by atoms with E-state index in [1.165, 1.54) is 30.3 Å². The molecule has 1 aromatic heterocycles. The van der Waals surface area contributed by atoms with Crippen LogP contribution in [0.25, 0.3) is 11.0 Å². The third-order valence-electron chi connectivity index (χ3n) is 4.32. The van der Waals surface area contributed by atoms with E-state index < -0.39 is 29.4 Å². The molecule has 10 nitrogen and oxygen atoms in total. The molecule has 0 atom stereocenters. The maximum Gasteiger partial charge on any atom is 0.449 e. The zero-order valence-electron chi connectivity index (χ0n) is 15.4. The SMILES string of the molecule is O=C(Cn1c(C(F)(F)F)nc2ccccc21)N/N=C\c1cc2c(cc1[N+](=O)[O-])OCO2. The normalized spacial score (nSPS) is 13.1. The van der Waals surface area contributed by atoms with Crippen molar-refractivity contribution in [3.63, 3.8) is 0 Å². The van der Waals surface area contributed by atoms with Gasteiger partial charge < -0.3 is 14.0 Å². The number of nitrogens with one attached hydrogen (secondary N) is 1. The van der Waals surface area contributed by atoms with Crippen molar-refractivity contribution in [2.24, 2.45) is 5.10 Å². The number of carbonyl (C=O) groups excluding carboxylic acids is 1. The minimum absolute atomic E-state index is 0.0126. The molecule has 1 amide bonds. The summed E-state index contributed by atoms with van der Waals surface area (Å²) in [6, 6.07) is 8.32. The second-order valence-electron chi connectivity index (χ2n) is 6.32. The molecule has 1 N–H and O–H groups in total. The summed E-state index contributed by atoms with van der Waals surface area (Å²) in [5, 5.41) is 14.9. The molecule has 2 heterocycles. The lowest BCUT2D eigenvalue weighted by Gasteiger charge is -2.10. The Morgan fingerprint density at radius 2 is 2.00 bits per heavy atom. The fourth-order valence-corrected chi connectivity index (χ4v) is 3.01. The van der Waals surface area contributed by atoms with Crippen molar-refractivity contribution in [3.05, 3.63) is 57.9 Å². The highest BCUT2D eigenvalue weighted by atomic mass is 19.4. The summed E-state index contributed by atoms with van der Waals surface area (Å²) in [7, 11) is 0. The number of hydrogen-bond donors (Lipinski definition) is 1. The van der Waals surface area contributed by atoms with Crippen molar-refractivity contribution in [1.82, 2.24) is 15.0 Å². The van der Waals surface area contributed by atoms with Gasteiger partial charge in [-0.05, 0) is 18.2 Å². The number of carbonyl (C=O) groups is 1. The molecule has 13 heteroatoms. The molecule has 0 spiro atoms. The third kappa shape index (κ3) is 3.97. The predicted octanol–water partition coefficient (Wildman–Crippen LogP) is 2.84. The Hall–Kier alpha value is -4.16. The lowest BCUT2D eigenvalue weighted by molar-refractivity contribution is -0.385. The van der Waals surface area contributed by atoms with Gasteiger partial charge in [0.05, 0.1) is 33.8 Å². The highest BCUT2D eigenvalue weighted by Crippen LogP contribution is 2.37. The van der Waals surface area contributed by atoms with Crippen LogP contribution in [0.3, 0.4) is 0 Å². The smallest absolute Gasteiger partial charge is 0.449 e. The van der Waals surface area contributed by atoms with E-state index in [2.05, 4.69) is 15.5 Å². The number of nitro benzene ring substituents is 1. The number of fused-ring (bicyclic) bond motifs is 2. The van der Waals surface area contributed by atoms with Crippen LogP contribution in [0.2, 0.25) is 0 Å².